The summed E-state index contributed by atoms with van der Waals surface area (Å²) in [6.45, 7) is 3.75. The summed E-state index contributed by atoms with van der Waals surface area (Å²) in [5.74, 6) is 4.49. The number of fused-ring (bicyclic) bond motifs is 3. The van der Waals surface area contributed by atoms with Crippen LogP contribution in [0.15, 0.2) is 24.3 Å². The van der Waals surface area contributed by atoms with Crippen LogP contribution in [0.25, 0.3) is 5.69 Å². The molecule has 0 bridgehead atoms. The van der Waals surface area contributed by atoms with E-state index >= 15 is 0 Å². The van der Waals surface area contributed by atoms with Crippen molar-refractivity contribution in [3.05, 3.63) is 41.2 Å². The molecule has 0 saturated heterocycles. The standard InChI is InChI=1S/C20H22N4O5/c1-4-23(3)19(27)15(25)7-5-12-6-8-16-14(9-12)24-17(20(2,28)11-29-16)10-13(22-24)18(21)26/h6,8-10,15,25,28H,4,11H2,1-3H3,(H2,21,26). The minimum absolute atomic E-state index is 0.00762. The van der Waals surface area contributed by atoms with Crippen molar-refractivity contribution in [3.63, 3.8) is 0 Å². The highest BCUT2D eigenvalue weighted by Gasteiger charge is 2.34. The molecule has 4 N–H and O–H groups in total. The van der Waals surface area contributed by atoms with Gasteiger partial charge in [-0.15, -0.1) is 0 Å². The summed E-state index contributed by atoms with van der Waals surface area (Å²) >= 11 is 0. The lowest BCUT2D eigenvalue weighted by Gasteiger charge is -2.20. The molecule has 1 aromatic carbocycles. The van der Waals surface area contributed by atoms with Gasteiger partial charge in [-0.1, -0.05) is 11.8 Å². The Hall–Kier alpha value is -3.35. The van der Waals surface area contributed by atoms with E-state index in [9.17, 15) is 19.8 Å². The Kier molecular flexibility index (Phi) is 5.33. The van der Waals surface area contributed by atoms with Crippen molar-refractivity contribution in [1.82, 2.24) is 14.7 Å². The molecule has 0 fully saturated rings. The first-order valence-corrected chi connectivity index (χ1v) is 8.98. The van der Waals surface area contributed by atoms with Gasteiger partial charge in [-0.3, -0.25) is 9.59 Å². The molecule has 3 rings (SSSR count). The van der Waals surface area contributed by atoms with Crippen LogP contribution in [-0.2, 0) is 10.4 Å². The molecule has 2 heterocycles. The van der Waals surface area contributed by atoms with Gasteiger partial charge in [0.1, 0.15) is 23.6 Å². The molecule has 0 radical (unpaired) electrons. The van der Waals surface area contributed by atoms with Crippen molar-refractivity contribution in [2.45, 2.75) is 25.6 Å². The third-order valence-electron chi connectivity index (χ3n) is 4.65. The number of amides is 2. The molecule has 0 saturated carbocycles. The third-order valence-corrected chi connectivity index (χ3v) is 4.65. The summed E-state index contributed by atoms with van der Waals surface area (Å²) in [7, 11) is 1.58. The van der Waals surface area contributed by atoms with Gasteiger partial charge in [0.25, 0.3) is 11.8 Å². The number of hydrogen-bond acceptors (Lipinski definition) is 6. The molecule has 0 spiro atoms. The molecule has 0 aliphatic carbocycles. The largest absolute Gasteiger partial charge is 0.488 e. The van der Waals surface area contributed by atoms with E-state index in [0.717, 1.165) is 0 Å². The first-order chi connectivity index (χ1) is 13.6. The number of primary amides is 1. The summed E-state index contributed by atoms with van der Waals surface area (Å²) in [5, 5.41) is 24.9. The van der Waals surface area contributed by atoms with Crippen LogP contribution >= 0.6 is 0 Å². The molecule has 9 nitrogen and oxygen atoms in total. The van der Waals surface area contributed by atoms with Crippen LogP contribution < -0.4 is 10.5 Å². The highest BCUT2D eigenvalue weighted by atomic mass is 16.5. The fourth-order valence-corrected chi connectivity index (χ4v) is 2.82. The number of hydrogen-bond donors (Lipinski definition) is 3. The third kappa shape index (κ3) is 3.94. The van der Waals surface area contributed by atoms with Gasteiger partial charge in [0, 0.05) is 19.2 Å². The minimum Gasteiger partial charge on any atom is -0.488 e. The summed E-state index contributed by atoms with van der Waals surface area (Å²) < 4.78 is 7.07. The number of benzene rings is 1. The van der Waals surface area contributed by atoms with Gasteiger partial charge in [0.15, 0.2) is 11.8 Å². The van der Waals surface area contributed by atoms with Gasteiger partial charge >= 0.3 is 0 Å². The van der Waals surface area contributed by atoms with Crippen LogP contribution in [0, 0.1) is 11.8 Å². The molecular formula is C20H22N4O5. The molecule has 9 heteroatoms. The predicted molar refractivity (Wildman–Crippen MR) is 103 cm³/mol. The number of aromatic nitrogens is 2. The highest BCUT2D eigenvalue weighted by Crippen LogP contribution is 2.34. The van der Waals surface area contributed by atoms with Crippen molar-refractivity contribution >= 4 is 11.8 Å². The lowest BCUT2D eigenvalue weighted by molar-refractivity contribution is -0.135. The number of nitrogens with two attached hydrogens (primary N) is 1. The smallest absolute Gasteiger partial charge is 0.269 e. The minimum atomic E-state index is -1.45. The van der Waals surface area contributed by atoms with Crippen LogP contribution in [0.4, 0.5) is 0 Å². The van der Waals surface area contributed by atoms with Crippen molar-refractivity contribution in [2.75, 3.05) is 20.2 Å². The number of rotatable bonds is 3. The average molecular weight is 398 g/mol. The van der Waals surface area contributed by atoms with E-state index in [-0.39, 0.29) is 12.3 Å². The Morgan fingerprint density at radius 3 is 2.83 bits per heavy atom. The van der Waals surface area contributed by atoms with Crippen LogP contribution in [0.5, 0.6) is 5.75 Å². The van der Waals surface area contributed by atoms with E-state index in [1.54, 1.807) is 39.1 Å². The second kappa shape index (κ2) is 7.58. The quantitative estimate of drug-likeness (QED) is 0.612. The SMILES string of the molecule is CCN(C)C(=O)C(O)C#Cc1ccc2c(c1)-n1nc(C(N)=O)cc1C(C)(O)CO2. The molecule has 2 unspecified atom stereocenters. The lowest BCUT2D eigenvalue weighted by atomic mass is 10.0. The second-order valence-electron chi connectivity index (χ2n) is 6.96. The number of carbonyl (C=O) groups is 2. The Morgan fingerprint density at radius 2 is 2.17 bits per heavy atom. The van der Waals surface area contributed by atoms with Crippen molar-refractivity contribution < 1.29 is 24.5 Å². The first-order valence-electron chi connectivity index (χ1n) is 8.98. The predicted octanol–water partition coefficient (Wildman–Crippen LogP) is -0.238. The molecule has 1 aliphatic rings. The van der Waals surface area contributed by atoms with Crippen LogP contribution in [0.2, 0.25) is 0 Å². The van der Waals surface area contributed by atoms with E-state index in [1.807, 2.05) is 0 Å². The van der Waals surface area contributed by atoms with E-state index in [0.29, 0.717) is 29.2 Å². The Morgan fingerprint density at radius 1 is 1.45 bits per heavy atom. The molecular weight excluding hydrogens is 376 g/mol. The zero-order valence-electron chi connectivity index (χ0n) is 16.3. The van der Waals surface area contributed by atoms with E-state index in [1.165, 1.54) is 15.6 Å². The van der Waals surface area contributed by atoms with Crippen molar-refractivity contribution in [2.24, 2.45) is 5.73 Å². The monoisotopic (exact) mass is 398 g/mol. The lowest BCUT2D eigenvalue weighted by Crippen LogP contribution is -2.35. The first kappa shape index (κ1) is 20.4. The molecule has 152 valence electrons. The van der Waals surface area contributed by atoms with Crippen LogP contribution in [0.1, 0.15) is 35.6 Å². The second-order valence-corrected chi connectivity index (χ2v) is 6.96. The summed E-state index contributed by atoms with van der Waals surface area (Å²) in [4.78, 5) is 24.9. The maximum absolute atomic E-state index is 11.9. The topological polar surface area (TPSA) is 131 Å². The molecule has 1 aliphatic heterocycles. The fraction of sp³-hybridized carbons (Fsp3) is 0.350. The van der Waals surface area contributed by atoms with Crippen LogP contribution in [-0.4, -0.2) is 63.0 Å². The molecule has 29 heavy (non-hydrogen) atoms. The zero-order chi connectivity index (χ0) is 21.3. The molecule has 2 amide bonds. The van der Waals surface area contributed by atoms with Crippen molar-refractivity contribution in [3.8, 4) is 23.3 Å². The highest BCUT2D eigenvalue weighted by molar-refractivity contribution is 5.91. The van der Waals surface area contributed by atoms with Crippen LogP contribution in [0.3, 0.4) is 0 Å². The number of nitrogens with zero attached hydrogens (tertiary/aromatic N) is 3. The Balaban J connectivity index is 2.03. The maximum atomic E-state index is 11.9. The Bertz CT molecular complexity index is 1030. The summed E-state index contributed by atoms with van der Waals surface area (Å²) in [5.41, 5.74) is 5.22. The van der Waals surface area contributed by atoms with E-state index < -0.39 is 23.5 Å². The summed E-state index contributed by atoms with van der Waals surface area (Å²) in [6, 6.07) is 6.35. The number of ether oxygens (including phenoxy) is 1. The summed E-state index contributed by atoms with van der Waals surface area (Å²) in [6.07, 6.45) is -1.45. The molecule has 2 aromatic rings. The number of carbonyl (C=O) groups excluding carboxylic acids is 2. The maximum Gasteiger partial charge on any atom is 0.269 e. The number of likely N-dealkylation sites (N-methyl/N-ethyl adjacent to an activating group) is 1. The van der Waals surface area contributed by atoms with Gasteiger partial charge in [-0.2, -0.15) is 5.10 Å². The Labute approximate surface area is 167 Å². The van der Waals surface area contributed by atoms with Gasteiger partial charge in [0.05, 0.1) is 5.69 Å². The van der Waals surface area contributed by atoms with E-state index in [4.69, 9.17) is 10.5 Å². The van der Waals surface area contributed by atoms with E-state index in [2.05, 4.69) is 16.9 Å². The van der Waals surface area contributed by atoms with Gasteiger partial charge in [-0.05, 0) is 38.1 Å². The number of aliphatic hydroxyl groups excluding tert-OH is 1. The van der Waals surface area contributed by atoms with Gasteiger partial charge < -0.3 is 25.6 Å². The fourth-order valence-electron chi connectivity index (χ4n) is 2.82. The number of aliphatic hydroxyl groups is 2. The molecule has 2 atom stereocenters. The van der Waals surface area contributed by atoms with Gasteiger partial charge in [0.2, 0.25) is 0 Å². The molecule has 1 aromatic heterocycles. The van der Waals surface area contributed by atoms with Gasteiger partial charge in [-0.25, -0.2) is 4.68 Å². The normalized spacial score (nSPS) is 18.2. The van der Waals surface area contributed by atoms with Crippen molar-refractivity contribution in [1.29, 1.82) is 0 Å². The zero-order valence-corrected chi connectivity index (χ0v) is 16.3. The average Bonchev–Trinajstić information content (AvgIpc) is 3.12.